The first-order chi connectivity index (χ1) is 15.2. The minimum atomic E-state index is -4.03. The molecular weight excluding hydrogens is 450 g/mol. The smallest absolute Gasteiger partial charge is 0.293 e. The highest BCUT2D eigenvalue weighted by Gasteiger charge is 2.22. The molecular formula is C21H29N5O4S2. The average Bonchev–Trinajstić information content (AvgIpc) is 2.76. The fourth-order valence-electron chi connectivity index (χ4n) is 3.50. The molecule has 0 spiro atoms. The maximum atomic E-state index is 11.6. The van der Waals surface area contributed by atoms with Crippen molar-refractivity contribution in [3.8, 4) is 0 Å². The molecule has 174 valence electrons. The van der Waals surface area contributed by atoms with Gasteiger partial charge in [0.1, 0.15) is 5.69 Å². The molecule has 0 saturated carbocycles. The van der Waals surface area contributed by atoms with Gasteiger partial charge in [0, 0.05) is 55.5 Å². The molecule has 3 rings (SSSR count). The van der Waals surface area contributed by atoms with Gasteiger partial charge in [-0.15, -0.1) is 11.8 Å². The maximum absolute atomic E-state index is 11.6. The Bertz CT molecular complexity index is 1010. The van der Waals surface area contributed by atoms with Gasteiger partial charge in [0.05, 0.1) is 9.82 Å². The van der Waals surface area contributed by atoms with Gasteiger partial charge in [-0.1, -0.05) is 18.2 Å². The summed E-state index contributed by atoms with van der Waals surface area (Å²) in [7, 11) is -1.91. The molecule has 0 radical (unpaired) electrons. The van der Waals surface area contributed by atoms with Crippen LogP contribution in [-0.2, 0) is 10.0 Å². The van der Waals surface area contributed by atoms with Crippen molar-refractivity contribution in [2.45, 2.75) is 22.3 Å². The Morgan fingerprint density at radius 3 is 2.47 bits per heavy atom. The molecule has 1 fully saturated rings. The summed E-state index contributed by atoms with van der Waals surface area (Å²) in [5.41, 5.74) is -0.00901. The fraction of sp³-hybridized carbons (Fsp3) is 0.429. The predicted octanol–water partition coefficient (Wildman–Crippen LogP) is 2.45. The third-order valence-electron chi connectivity index (χ3n) is 5.44. The van der Waals surface area contributed by atoms with E-state index in [-0.39, 0.29) is 16.6 Å². The number of hydrogen-bond donors (Lipinski definition) is 2. The van der Waals surface area contributed by atoms with Gasteiger partial charge in [-0.25, -0.2) is 13.6 Å². The minimum absolute atomic E-state index is 0.0427. The van der Waals surface area contributed by atoms with Crippen LogP contribution in [0.5, 0.6) is 0 Å². The highest BCUT2D eigenvalue weighted by Crippen LogP contribution is 2.29. The van der Waals surface area contributed by atoms with E-state index in [2.05, 4.69) is 22.2 Å². The van der Waals surface area contributed by atoms with Gasteiger partial charge in [0.15, 0.2) is 0 Å². The van der Waals surface area contributed by atoms with E-state index >= 15 is 0 Å². The van der Waals surface area contributed by atoms with Crippen molar-refractivity contribution in [3.05, 3.63) is 58.6 Å². The second-order valence-electron chi connectivity index (χ2n) is 7.88. The molecule has 0 unspecified atom stereocenters. The van der Waals surface area contributed by atoms with Crippen molar-refractivity contribution in [2.75, 3.05) is 50.8 Å². The Balaban J connectivity index is 1.75. The number of hydrogen-bond acceptors (Lipinski definition) is 8. The molecule has 2 aromatic carbocycles. The summed E-state index contributed by atoms with van der Waals surface area (Å²) >= 11 is 1.68. The summed E-state index contributed by atoms with van der Waals surface area (Å²) in [5.74, 6) is 0.714. The van der Waals surface area contributed by atoms with Crippen LogP contribution in [0.2, 0.25) is 0 Å². The van der Waals surface area contributed by atoms with Crippen molar-refractivity contribution in [2.24, 2.45) is 5.14 Å². The minimum Gasteiger partial charge on any atom is -0.376 e. The zero-order chi connectivity index (χ0) is 23.1. The molecule has 9 nitrogen and oxygen atoms in total. The van der Waals surface area contributed by atoms with Crippen molar-refractivity contribution < 1.29 is 13.3 Å². The second kappa shape index (κ2) is 11.1. The van der Waals surface area contributed by atoms with E-state index in [4.69, 9.17) is 5.14 Å². The van der Waals surface area contributed by atoms with Crippen molar-refractivity contribution in [1.82, 2.24) is 9.80 Å². The number of likely N-dealkylation sites (N-methyl/N-ethyl adjacent to an activating group) is 1. The lowest BCUT2D eigenvalue weighted by Gasteiger charge is -2.33. The van der Waals surface area contributed by atoms with Crippen LogP contribution in [0.1, 0.15) is 6.42 Å². The summed E-state index contributed by atoms with van der Waals surface area (Å²) in [4.78, 5) is 16.6. The first-order valence-corrected chi connectivity index (χ1v) is 12.9. The van der Waals surface area contributed by atoms with E-state index in [0.717, 1.165) is 50.1 Å². The Hall–Kier alpha value is -2.18. The van der Waals surface area contributed by atoms with E-state index < -0.39 is 14.9 Å². The van der Waals surface area contributed by atoms with Crippen LogP contribution in [0.15, 0.2) is 58.3 Å². The topological polar surface area (TPSA) is 122 Å². The molecule has 1 aliphatic heterocycles. The number of nitrogens with zero attached hydrogens (tertiary/aromatic N) is 3. The SMILES string of the molecule is CN1CCN(CC[C@H](CSc2ccccc2)Nc2ccc(S(N)(=O)=O)cc2[N+](=O)[O-])CC1. The number of primary sulfonamides is 1. The highest BCUT2D eigenvalue weighted by molar-refractivity contribution is 7.99. The quantitative estimate of drug-likeness (QED) is 0.303. The zero-order valence-corrected chi connectivity index (χ0v) is 19.6. The molecule has 3 N–H and O–H groups in total. The monoisotopic (exact) mass is 479 g/mol. The first-order valence-electron chi connectivity index (χ1n) is 10.4. The number of thioether (sulfide) groups is 1. The van der Waals surface area contributed by atoms with Gasteiger partial charge in [-0.2, -0.15) is 0 Å². The van der Waals surface area contributed by atoms with Gasteiger partial charge in [-0.05, 0) is 37.7 Å². The van der Waals surface area contributed by atoms with Gasteiger partial charge < -0.3 is 15.1 Å². The molecule has 1 saturated heterocycles. The Labute approximate surface area is 193 Å². The molecule has 2 aromatic rings. The Kier molecular flexibility index (Phi) is 8.49. The molecule has 1 heterocycles. The zero-order valence-electron chi connectivity index (χ0n) is 18.0. The van der Waals surface area contributed by atoms with Crippen LogP contribution in [-0.4, -0.2) is 74.7 Å². The molecule has 0 amide bonds. The van der Waals surface area contributed by atoms with Crippen LogP contribution in [0, 0.1) is 10.1 Å². The largest absolute Gasteiger partial charge is 0.376 e. The second-order valence-corrected chi connectivity index (χ2v) is 10.5. The van der Waals surface area contributed by atoms with Crippen LogP contribution in [0.3, 0.4) is 0 Å². The van der Waals surface area contributed by atoms with Gasteiger partial charge >= 0.3 is 0 Å². The third-order valence-corrected chi connectivity index (χ3v) is 7.52. The van der Waals surface area contributed by atoms with Crippen molar-refractivity contribution in [1.29, 1.82) is 0 Å². The number of piperazine rings is 1. The highest BCUT2D eigenvalue weighted by atomic mass is 32.2. The lowest BCUT2D eigenvalue weighted by molar-refractivity contribution is -0.384. The molecule has 0 bridgehead atoms. The number of nitro benzene ring substituents is 1. The van der Waals surface area contributed by atoms with Crippen LogP contribution in [0.25, 0.3) is 0 Å². The summed E-state index contributed by atoms with van der Waals surface area (Å²) in [6.07, 6.45) is 0.803. The van der Waals surface area contributed by atoms with E-state index in [0.29, 0.717) is 11.4 Å². The van der Waals surface area contributed by atoms with Crippen LogP contribution >= 0.6 is 11.8 Å². The van der Waals surface area contributed by atoms with Crippen molar-refractivity contribution >= 4 is 33.2 Å². The van der Waals surface area contributed by atoms with Gasteiger partial charge in [-0.3, -0.25) is 10.1 Å². The fourth-order valence-corrected chi connectivity index (χ4v) is 5.03. The first kappa shape index (κ1) is 24.5. The number of sulfonamides is 1. The van der Waals surface area contributed by atoms with Crippen LogP contribution in [0.4, 0.5) is 11.4 Å². The number of nitrogens with one attached hydrogen (secondary N) is 1. The molecule has 11 heteroatoms. The normalized spacial score (nSPS) is 16.6. The molecule has 0 aromatic heterocycles. The van der Waals surface area contributed by atoms with E-state index in [1.165, 1.54) is 12.1 Å². The summed E-state index contributed by atoms with van der Waals surface area (Å²) in [6.45, 7) is 4.93. The summed E-state index contributed by atoms with van der Waals surface area (Å²) in [5, 5.41) is 20.0. The Morgan fingerprint density at radius 1 is 1.16 bits per heavy atom. The molecule has 1 aliphatic rings. The number of benzene rings is 2. The number of nitrogens with two attached hydrogens (primary N) is 1. The lowest BCUT2D eigenvalue weighted by Crippen LogP contribution is -2.45. The molecule has 0 aliphatic carbocycles. The Morgan fingerprint density at radius 2 is 1.84 bits per heavy atom. The number of anilines is 1. The van der Waals surface area contributed by atoms with Gasteiger partial charge in [0.2, 0.25) is 10.0 Å². The lowest BCUT2D eigenvalue weighted by atomic mass is 10.1. The number of nitro groups is 1. The van der Waals surface area contributed by atoms with Gasteiger partial charge in [0.25, 0.3) is 5.69 Å². The van der Waals surface area contributed by atoms with Crippen LogP contribution < -0.4 is 10.5 Å². The third kappa shape index (κ3) is 7.17. The number of rotatable bonds is 10. The molecule has 1 atom stereocenters. The predicted molar refractivity (Wildman–Crippen MR) is 128 cm³/mol. The van der Waals surface area contributed by atoms with E-state index in [9.17, 15) is 18.5 Å². The van der Waals surface area contributed by atoms with E-state index in [1.807, 2.05) is 30.3 Å². The summed E-state index contributed by atoms with van der Waals surface area (Å²) in [6, 6.07) is 13.7. The molecule has 32 heavy (non-hydrogen) atoms. The summed E-state index contributed by atoms with van der Waals surface area (Å²) < 4.78 is 23.2. The van der Waals surface area contributed by atoms with Crippen molar-refractivity contribution in [3.63, 3.8) is 0 Å². The standard InChI is InChI=1S/C21H29N5O4S2/c1-24-11-13-25(14-12-24)10-9-17(16-31-18-5-3-2-4-6-18)23-20-8-7-19(32(22,29)30)15-21(20)26(27)28/h2-8,15,17,23H,9-14,16H2,1H3,(H2,22,29,30)/t17-/m1/s1. The maximum Gasteiger partial charge on any atom is 0.293 e. The average molecular weight is 480 g/mol. The van der Waals surface area contributed by atoms with E-state index in [1.54, 1.807) is 11.8 Å².